The summed E-state index contributed by atoms with van der Waals surface area (Å²) in [5, 5.41) is 16.5. The molecule has 0 bridgehead atoms. The monoisotopic (exact) mass is 371 g/mol. The van der Waals surface area contributed by atoms with Crippen LogP contribution in [0, 0.1) is 5.92 Å². The van der Waals surface area contributed by atoms with Gasteiger partial charge in [0.15, 0.2) is 0 Å². The summed E-state index contributed by atoms with van der Waals surface area (Å²) in [7, 11) is 0. The lowest BCUT2D eigenvalue weighted by atomic mass is 9.96. The van der Waals surface area contributed by atoms with Gasteiger partial charge < -0.3 is 14.6 Å². The van der Waals surface area contributed by atoms with Crippen molar-refractivity contribution in [2.75, 3.05) is 19.5 Å². The minimum Gasteiger partial charge on any atom is -0.376 e. The van der Waals surface area contributed by atoms with Gasteiger partial charge in [0.25, 0.3) is 0 Å². The molecule has 1 N–H and O–H groups in total. The molecule has 26 heavy (non-hydrogen) atoms. The smallest absolute Gasteiger partial charge is 0.215 e. The van der Waals surface area contributed by atoms with Gasteiger partial charge in [-0.25, -0.2) is 9.50 Å². The van der Waals surface area contributed by atoms with Gasteiger partial charge in [-0.2, -0.15) is 5.10 Å². The van der Waals surface area contributed by atoms with Crippen molar-refractivity contribution in [2.24, 2.45) is 5.92 Å². The van der Waals surface area contributed by atoms with Gasteiger partial charge in [0, 0.05) is 5.92 Å². The molecular weight excluding hydrogens is 350 g/mol. The summed E-state index contributed by atoms with van der Waals surface area (Å²) in [6.07, 6.45) is 4.20. The minimum atomic E-state index is -1.41. The summed E-state index contributed by atoms with van der Waals surface area (Å²) in [5.41, 5.74) is 2.60. The van der Waals surface area contributed by atoms with Crippen molar-refractivity contribution in [2.45, 2.75) is 23.8 Å². The first kappa shape index (κ1) is 17.5. The molecule has 2 atom stereocenters. The first-order valence-corrected chi connectivity index (χ1v) is 9.80. The zero-order valence-electron chi connectivity index (χ0n) is 14.5. The lowest BCUT2D eigenvalue weighted by Gasteiger charge is -2.28. The number of ether oxygens (including phenoxy) is 2. The summed E-state index contributed by atoms with van der Waals surface area (Å²) in [4.78, 5) is 4.27. The summed E-state index contributed by atoms with van der Waals surface area (Å²) < 4.78 is 13.4. The number of aromatic nitrogens is 3. The van der Waals surface area contributed by atoms with Crippen LogP contribution in [0.25, 0.3) is 5.52 Å². The predicted molar refractivity (Wildman–Crippen MR) is 98.8 cm³/mol. The highest BCUT2D eigenvalue weighted by Gasteiger charge is 2.46. The summed E-state index contributed by atoms with van der Waals surface area (Å²) in [6.45, 7) is 1.42. The van der Waals surface area contributed by atoms with Crippen molar-refractivity contribution in [1.29, 1.82) is 0 Å². The van der Waals surface area contributed by atoms with Gasteiger partial charge in [0.2, 0.25) is 5.79 Å². The van der Waals surface area contributed by atoms with E-state index in [4.69, 9.17) is 9.47 Å². The molecule has 1 saturated heterocycles. The molecule has 0 amide bonds. The van der Waals surface area contributed by atoms with Crippen molar-refractivity contribution in [3.05, 3.63) is 60.0 Å². The SMILES string of the molecule is CSc1ncnn2c(C3(O)OCCC3COCc3ccccc3)ccc12. The molecule has 1 aliphatic rings. The van der Waals surface area contributed by atoms with Gasteiger partial charge in [-0.05, 0) is 30.4 Å². The second-order valence-electron chi connectivity index (χ2n) is 6.32. The Morgan fingerprint density at radius 1 is 1.31 bits per heavy atom. The van der Waals surface area contributed by atoms with Crippen LogP contribution in [-0.2, 0) is 21.9 Å². The third-order valence-electron chi connectivity index (χ3n) is 4.75. The highest BCUT2D eigenvalue weighted by Crippen LogP contribution is 2.40. The second-order valence-corrected chi connectivity index (χ2v) is 7.11. The van der Waals surface area contributed by atoms with E-state index in [0.717, 1.165) is 22.5 Å². The average molecular weight is 371 g/mol. The molecule has 0 spiro atoms. The predicted octanol–water partition coefficient (Wildman–Crippen LogP) is 2.85. The second kappa shape index (κ2) is 7.36. The lowest BCUT2D eigenvalue weighted by Crippen LogP contribution is -2.36. The van der Waals surface area contributed by atoms with Gasteiger partial charge in [-0.15, -0.1) is 11.8 Å². The molecule has 136 valence electrons. The number of fused-ring (bicyclic) bond motifs is 1. The standard InChI is InChI=1S/C19H21N3O3S/c1-26-18-16-7-8-17(22(16)21-13-20-18)19(23)15(9-10-25-19)12-24-11-14-5-3-2-4-6-14/h2-8,13,15,23H,9-12H2,1H3. The van der Waals surface area contributed by atoms with Gasteiger partial charge in [-0.3, -0.25) is 0 Å². The van der Waals surface area contributed by atoms with Crippen molar-refractivity contribution in [1.82, 2.24) is 14.6 Å². The molecule has 3 heterocycles. The van der Waals surface area contributed by atoms with Crippen LogP contribution in [0.15, 0.2) is 53.8 Å². The molecular formula is C19H21N3O3S. The van der Waals surface area contributed by atoms with Gasteiger partial charge >= 0.3 is 0 Å². The van der Waals surface area contributed by atoms with Gasteiger partial charge in [0.1, 0.15) is 17.0 Å². The maximum Gasteiger partial charge on any atom is 0.215 e. The van der Waals surface area contributed by atoms with Crippen LogP contribution in [0.4, 0.5) is 0 Å². The number of rotatable bonds is 6. The zero-order chi connectivity index (χ0) is 18.0. The Balaban J connectivity index is 1.55. The first-order chi connectivity index (χ1) is 12.7. The maximum absolute atomic E-state index is 11.3. The van der Waals surface area contributed by atoms with Crippen molar-refractivity contribution in [3.63, 3.8) is 0 Å². The first-order valence-electron chi connectivity index (χ1n) is 8.57. The molecule has 7 heteroatoms. The molecule has 0 aliphatic carbocycles. The third-order valence-corrected chi connectivity index (χ3v) is 5.45. The number of nitrogens with zero attached hydrogens (tertiary/aromatic N) is 3. The van der Waals surface area contributed by atoms with E-state index in [1.54, 1.807) is 16.3 Å². The fourth-order valence-corrected chi connectivity index (χ4v) is 3.90. The number of hydrogen-bond donors (Lipinski definition) is 1. The topological polar surface area (TPSA) is 68.9 Å². The van der Waals surface area contributed by atoms with Gasteiger partial charge in [0.05, 0.1) is 25.3 Å². The number of hydrogen-bond acceptors (Lipinski definition) is 6. The Bertz CT molecular complexity index is 886. The molecule has 1 aromatic carbocycles. The molecule has 6 nitrogen and oxygen atoms in total. The molecule has 0 radical (unpaired) electrons. The fourth-order valence-electron chi connectivity index (χ4n) is 3.38. The summed E-state index contributed by atoms with van der Waals surface area (Å²) in [5.74, 6) is -1.57. The van der Waals surface area contributed by atoms with Crippen LogP contribution >= 0.6 is 11.8 Å². The van der Waals surface area contributed by atoms with E-state index < -0.39 is 5.79 Å². The Kier molecular flexibility index (Phi) is 4.95. The summed E-state index contributed by atoms with van der Waals surface area (Å²) >= 11 is 1.55. The van der Waals surface area contributed by atoms with Gasteiger partial charge in [-0.1, -0.05) is 30.3 Å². The third kappa shape index (κ3) is 3.12. The minimum absolute atomic E-state index is 0.156. The molecule has 4 rings (SSSR count). The van der Waals surface area contributed by atoms with E-state index >= 15 is 0 Å². The largest absolute Gasteiger partial charge is 0.376 e. The van der Waals surface area contributed by atoms with Crippen LogP contribution in [0.2, 0.25) is 0 Å². The number of benzene rings is 1. The van der Waals surface area contributed by atoms with Crippen molar-refractivity contribution >= 4 is 17.3 Å². The maximum atomic E-state index is 11.3. The fraction of sp³-hybridized carbons (Fsp3) is 0.368. The molecule has 2 unspecified atom stereocenters. The van der Waals surface area contributed by atoms with E-state index in [2.05, 4.69) is 10.1 Å². The van der Waals surface area contributed by atoms with Crippen LogP contribution < -0.4 is 0 Å². The molecule has 3 aromatic rings. The quantitative estimate of drug-likeness (QED) is 0.672. The Hall–Kier alpha value is -1.93. The van der Waals surface area contributed by atoms with Crippen molar-refractivity contribution < 1.29 is 14.6 Å². The van der Waals surface area contributed by atoms with E-state index in [0.29, 0.717) is 25.5 Å². The highest BCUT2D eigenvalue weighted by atomic mass is 32.2. The molecule has 0 saturated carbocycles. The highest BCUT2D eigenvalue weighted by molar-refractivity contribution is 7.98. The summed E-state index contributed by atoms with van der Waals surface area (Å²) in [6, 6.07) is 13.8. The number of aliphatic hydroxyl groups is 1. The number of thioether (sulfide) groups is 1. The normalized spacial score (nSPS) is 22.9. The lowest BCUT2D eigenvalue weighted by molar-refractivity contribution is -0.216. The average Bonchev–Trinajstić information content (AvgIpc) is 3.27. The Morgan fingerprint density at radius 3 is 2.96 bits per heavy atom. The zero-order valence-corrected chi connectivity index (χ0v) is 15.4. The molecule has 2 aromatic heterocycles. The van der Waals surface area contributed by atoms with E-state index in [1.165, 1.54) is 6.33 Å². The Morgan fingerprint density at radius 2 is 2.15 bits per heavy atom. The van der Waals surface area contributed by atoms with Crippen LogP contribution in [-0.4, -0.2) is 39.2 Å². The molecule has 1 fully saturated rings. The van der Waals surface area contributed by atoms with Crippen LogP contribution in [0.3, 0.4) is 0 Å². The molecule has 1 aliphatic heterocycles. The van der Waals surface area contributed by atoms with E-state index in [9.17, 15) is 5.11 Å². The van der Waals surface area contributed by atoms with Crippen molar-refractivity contribution in [3.8, 4) is 0 Å². The van der Waals surface area contributed by atoms with E-state index in [1.807, 2.05) is 48.7 Å². The van der Waals surface area contributed by atoms with E-state index in [-0.39, 0.29) is 5.92 Å². The van der Waals surface area contributed by atoms with Crippen LogP contribution in [0.1, 0.15) is 17.7 Å². The van der Waals surface area contributed by atoms with Crippen LogP contribution in [0.5, 0.6) is 0 Å². The Labute approximate surface area is 156 Å².